The average molecular weight is 394 g/mol. The lowest BCUT2D eigenvalue weighted by Gasteiger charge is -2.24. The van der Waals surface area contributed by atoms with Crippen molar-refractivity contribution in [1.82, 2.24) is 15.3 Å². The van der Waals surface area contributed by atoms with Gasteiger partial charge in [-0.15, -0.1) is 0 Å². The highest BCUT2D eigenvalue weighted by molar-refractivity contribution is 5.87. The Balaban J connectivity index is 1.53. The lowest BCUT2D eigenvalue weighted by atomic mass is 10.2. The summed E-state index contributed by atoms with van der Waals surface area (Å²) in [7, 11) is 0. The van der Waals surface area contributed by atoms with Crippen LogP contribution in [0.25, 0.3) is 10.9 Å². The first-order valence-corrected chi connectivity index (χ1v) is 10.1. The summed E-state index contributed by atoms with van der Waals surface area (Å²) >= 11 is 0. The molecular weight excluding hydrogens is 368 g/mol. The smallest absolute Gasteiger partial charge is 0.243 e. The van der Waals surface area contributed by atoms with Crippen LogP contribution in [0, 0.1) is 13.8 Å². The molecule has 1 amide bonds. The molecule has 1 aliphatic heterocycles. The van der Waals surface area contributed by atoms with E-state index in [2.05, 4.69) is 5.32 Å². The van der Waals surface area contributed by atoms with Crippen LogP contribution in [0.2, 0.25) is 0 Å². The van der Waals surface area contributed by atoms with Crippen LogP contribution in [-0.2, 0) is 11.3 Å². The molecule has 0 saturated carbocycles. The van der Waals surface area contributed by atoms with E-state index in [1.54, 1.807) is 0 Å². The van der Waals surface area contributed by atoms with Gasteiger partial charge in [-0.05, 0) is 63.9 Å². The second kappa shape index (κ2) is 8.11. The molecule has 1 aliphatic rings. The van der Waals surface area contributed by atoms with Crippen LogP contribution in [-0.4, -0.2) is 35.1 Å². The Labute approximate surface area is 170 Å². The molecule has 0 bridgehead atoms. The first kappa shape index (κ1) is 19.2. The fourth-order valence-corrected chi connectivity index (χ4v) is 3.78. The topological polar surface area (TPSA) is 80.5 Å². The van der Waals surface area contributed by atoms with Gasteiger partial charge in [0.2, 0.25) is 11.9 Å². The second-order valence-electron chi connectivity index (χ2n) is 7.30. The highest BCUT2D eigenvalue weighted by Crippen LogP contribution is 2.28. The van der Waals surface area contributed by atoms with E-state index >= 15 is 0 Å². The van der Waals surface area contributed by atoms with Gasteiger partial charge < -0.3 is 19.4 Å². The summed E-state index contributed by atoms with van der Waals surface area (Å²) in [5, 5.41) is 3.95. The van der Waals surface area contributed by atoms with E-state index in [0.717, 1.165) is 53.3 Å². The number of benzene rings is 1. The Bertz CT molecular complexity index is 1030. The van der Waals surface area contributed by atoms with E-state index in [4.69, 9.17) is 19.1 Å². The van der Waals surface area contributed by atoms with Crippen LogP contribution in [0.15, 0.2) is 34.7 Å². The predicted molar refractivity (Wildman–Crippen MR) is 111 cm³/mol. The molecule has 0 radical (unpaired) electrons. The van der Waals surface area contributed by atoms with Gasteiger partial charge in [0, 0.05) is 11.9 Å². The Morgan fingerprint density at radius 1 is 1.28 bits per heavy atom. The van der Waals surface area contributed by atoms with Crippen molar-refractivity contribution >= 4 is 22.8 Å². The standard InChI is InChI=1S/C22H26N4O3/c1-4-28-16-9-10-19-18(12-16)15(3)24-22(25-19)26-11-5-6-20(26)21(27)23-13-17-8-7-14(2)29-17/h7-10,12,20H,4-6,11,13H2,1-3H3,(H,23,27). The molecule has 152 valence electrons. The van der Waals surface area contributed by atoms with Crippen molar-refractivity contribution < 1.29 is 13.9 Å². The van der Waals surface area contributed by atoms with Crippen LogP contribution in [0.3, 0.4) is 0 Å². The van der Waals surface area contributed by atoms with Crippen molar-refractivity contribution in [2.75, 3.05) is 18.1 Å². The molecule has 0 spiro atoms. The molecule has 1 aromatic carbocycles. The summed E-state index contributed by atoms with van der Waals surface area (Å²) in [4.78, 5) is 24.2. The minimum absolute atomic E-state index is 0.0235. The predicted octanol–water partition coefficient (Wildman–Crippen LogP) is 3.52. The summed E-state index contributed by atoms with van der Waals surface area (Å²) in [5.41, 5.74) is 1.73. The summed E-state index contributed by atoms with van der Waals surface area (Å²) in [6.07, 6.45) is 1.72. The summed E-state index contributed by atoms with van der Waals surface area (Å²) in [6, 6.07) is 9.34. The van der Waals surface area contributed by atoms with Gasteiger partial charge in [-0.1, -0.05) is 0 Å². The van der Waals surface area contributed by atoms with E-state index in [1.807, 2.05) is 56.0 Å². The SMILES string of the molecule is CCOc1ccc2nc(N3CCCC3C(=O)NCc3ccc(C)o3)nc(C)c2c1. The number of carbonyl (C=O) groups excluding carboxylic acids is 1. The van der Waals surface area contributed by atoms with Crippen molar-refractivity contribution in [3.8, 4) is 5.75 Å². The van der Waals surface area contributed by atoms with E-state index in [1.165, 1.54) is 0 Å². The number of hydrogen-bond donors (Lipinski definition) is 1. The van der Waals surface area contributed by atoms with Crippen molar-refractivity contribution in [2.45, 2.75) is 46.2 Å². The van der Waals surface area contributed by atoms with Crippen LogP contribution in [0.4, 0.5) is 5.95 Å². The van der Waals surface area contributed by atoms with Crippen LogP contribution in [0.5, 0.6) is 5.75 Å². The lowest BCUT2D eigenvalue weighted by Crippen LogP contribution is -2.43. The third-order valence-electron chi connectivity index (χ3n) is 5.20. The van der Waals surface area contributed by atoms with Crippen molar-refractivity contribution in [2.24, 2.45) is 0 Å². The van der Waals surface area contributed by atoms with Crippen molar-refractivity contribution in [1.29, 1.82) is 0 Å². The number of carbonyl (C=O) groups is 1. The maximum atomic E-state index is 12.8. The number of anilines is 1. The van der Waals surface area contributed by atoms with Crippen LogP contribution < -0.4 is 15.0 Å². The average Bonchev–Trinajstić information content (AvgIpc) is 3.36. The molecule has 4 rings (SSSR count). The number of aromatic nitrogens is 2. The number of ether oxygens (including phenoxy) is 1. The molecule has 7 heteroatoms. The van der Waals surface area contributed by atoms with E-state index in [0.29, 0.717) is 19.1 Å². The Morgan fingerprint density at radius 3 is 2.90 bits per heavy atom. The molecule has 1 saturated heterocycles. The zero-order chi connectivity index (χ0) is 20.4. The molecule has 0 aliphatic carbocycles. The number of nitrogens with zero attached hydrogens (tertiary/aromatic N) is 3. The maximum absolute atomic E-state index is 12.8. The monoisotopic (exact) mass is 394 g/mol. The van der Waals surface area contributed by atoms with Gasteiger partial charge >= 0.3 is 0 Å². The van der Waals surface area contributed by atoms with E-state index in [-0.39, 0.29) is 11.9 Å². The fraction of sp³-hybridized carbons (Fsp3) is 0.409. The highest BCUT2D eigenvalue weighted by atomic mass is 16.5. The molecule has 3 heterocycles. The van der Waals surface area contributed by atoms with Crippen molar-refractivity contribution in [3.05, 3.63) is 47.5 Å². The van der Waals surface area contributed by atoms with Gasteiger partial charge in [0.1, 0.15) is 23.3 Å². The lowest BCUT2D eigenvalue weighted by molar-refractivity contribution is -0.122. The minimum Gasteiger partial charge on any atom is -0.494 e. The molecular formula is C22H26N4O3. The Kier molecular flexibility index (Phi) is 5.38. The largest absolute Gasteiger partial charge is 0.494 e. The molecule has 1 N–H and O–H groups in total. The third kappa shape index (κ3) is 4.04. The number of amides is 1. The van der Waals surface area contributed by atoms with Gasteiger partial charge in [-0.3, -0.25) is 4.79 Å². The molecule has 7 nitrogen and oxygen atoms in total. The molecule has 29 heavy (non-hydrogen) atoms. The van der Waals surface area contributed by atoms with Gasteiger partial charge in [-0.2, -0.15) is 0 Å². The van der Waals surface area contributed by atoms with Crippen molar-refractivity contribution in [3.63, 3.8) is 0 Å². The number of rotatable bonds is 6. The number of fused-ring (bicyclic) bond motifs is 1. The van der Waals surface area contributed by atoms with Crippen LogP contribution >= 0.6 is 0 Å². The van der Waals surface area contributed by atoms with E-state index in [9.17, 15) is 4.79 Å². The molecule has 2 aromatic heterocycles. The Morgan fingerprint density at radius 2 is 2.14 bits per heavy atom. The van der Waals surface area contributed by atoms with Gasteiger partial charge in [0.25, 0.3) is 0 Å². The van der Waals surface area contributed by atoms with Gasteiger partial charge in [0.15, 0.2) is 0 Å². The summed E-state index contributed by atoms with van der Waals surface area (Å²) < 4.78 is 11.1. The van der Waals surface area contributed by atoms with Gasteiger partial charge in [-0.25, -0.2) is 9.97 Å². The Hall–Kier alpha value is -3.09. The molecule has 1 unspecified atom stereocenters. The number of furan rings is 1. The summed E-state index contributed by atoms with van der Waals surface area (Å²) in [6.45, 7) is 7.58. The second-order valence-corrected chi connectivity index (χ2v) is 7.30. The first-order valence-electron chi connectivity index (χ1n) is 10.1. The minimum atomic E-state index is -0.273. The molecule has 1 atom stereocenters. The fourth-order valence-electron chi connectivity index (χ4n) is 3.78. The third-order valence-corrected chi connectivity index (χ3v) is 5.20. The zero-order valence-corrected chi connectivity index (χ0v) is 17.1. The zero-order valence-electron chi connectivity index (χ0n) is 17.1. The molecule has 3 aromatic rings. The molecule has 1 fully saturated rings. The maximum Gasteiger partial charge on any atom is 0.243 e. The quantitative estimate of drug-likeness (QED) is 0.689. The first-order chi connectivity index (χ1) is 14.0. The summed E-state index contributed by atoms with van der Waals surface area (Å²) in [5.74, 6) is 2.98. The van der Waals surface area contributed by atoms with Gasteiger partial charge in [0.05, 0.1) is 24.4 Å². The number of aryl methyl sites for hydroxylation is 2. The van der Waals surface area contributed by atoms with Crippen LogP contribution in [0.1, 0.15) is 37.0 Å². The number of nitrogens with one attached hydrogen (secondary N) is 1. The highest BCUT2D eigenvalue weighted by Gasteiger charge is 2.32. The number of hydrogen-bond acceptors (Lipinski definition) is 6. The van der Waals surface area contributed by atoms with E-state index < -0.39 is 0 Å². The normalized spacial score (nSPS) is 16.4.